The van der Waals surface area contributed by atoms with Crippen molar-refractivity contribution in [3.8, 4) is 0 Å². The van der Waals surface area contributed by atoms with E-state index in [4.69, 9.17) is 0 Å². The molecule has 2 aliphatic rings. The normalized spacial score (nSPS) is 20.9. The summed E-state index contributed by atoms with van der Waals surface area (Å²) in [7, 11) is 1.85. The molecular weight excluding hydrogens is 348 g/mol. The average Bonchev–Trinajstić information content (AvgIpc) is 3.53. The first kappa shape index (κ1) is 18.7. The highest BCUT2D eigenvalue weighted by Gasteiger charge is 2.49. The molecule has 0 N–H and O–H groups in total. The van der Waals surface area contributed by atoms with Crippen LogP contribution in [-0.4, -0.2) is 36.3 Å². The molecule has 1 aliphatic carbocycles. The van der Waals surface area contributed by atoms with Crippen LogP contribution in [-0.2, 0) is 21.4 Å². The van der Waals surface area contributed by atoms with Crippen LogP contribution in [0, 0.1) is 0 Å². The van der Waals surface area contributed by atoms with Crippen LogP contribution < -0.4 is 4.90 Å². The molecule has 0 aromatic heterocycles. The summed E-state index contributed by atoms with van der Waals surface area (Å²) in [6, 6.07) is 18.6. The van der Waals surface area contributed by atoms with Crippen LogP contribution in [0.1, 0.15) is 43.7 Å². The third-order valence-corrected chi connectivity index (χ3v) is 6.26. The summed E-state index contributed by atoms with van der Waals surface area (Å²) in [5.41, 5.74) is 2.47. The molecule has 1 saturated carbocycles. The molecule has 28 heavy (non-hydrogen) atoms. The minimum Gasteiger partial charge on any atom is -0.340 e. The minimum absolute atomic E-state index is 0.0971. The van der Waals surface area contributed by atoms with Crippen LogP contribution in [0.3, 0.4) is 0 Å². The predicted molar refractivity (Wildman–Crippen MR) is 111 cm³/mol. The Hall–Kier alpha value is -2.62. The number of para-hydroxylation sites is 1. The number of benzene rings is 2. The van der Waals surface area contributed by atoms with E-state index in [2.05, 4.69) is 18.2 Å². The maximum absolute atomic E-state index is 13.5. The fourth-order valence-electron chi connectivity index (χ4n) is 4.65. The van der Waals surface area contributed by atoms with E-state index in [1.54, 1.807) is 4.90 Å². The highest BCUT2D eigenvalue weighted by atomic mass is 16.2. The minimum atomic E-state index is -0.675. The smallest absolute Gasteiger partial charge is 0.237 e. The molecule has 1 aliphatic heterocycles. The van der Waals surface area contributed by atoms with Gasteiger partial charge in [0.05, 0.1) is 5.41 Å². The van der Waals surface area contributed by atoms with E-state index in [0.29, 0.717) is 25.3 Å². The number of fused-ring (bicyclic) bond motifs is 1. The van der Waals surface area contributed by atoms with E-state index in [0.717, 1.165) is 36.2 Å². The highest BCUT2D eigenvalue weighted by Crippen LogP contribution is 2.46. The van der Waals surface area contributed by atoms with E-state index in [1.165, 1.54) is 0 Å². The number of carbonyl (C=O) groups excluding carboxylic acids is 2. The maximum Gasteiger partial charge on any atom is 0.237 e. The zero-order valence-electron chi connectivity index (χ0n) is 16.7. The molecule has 0 bridgehead atoms. The second-order valence-electron chi connectivity index (χ2n) is 8.04. The summed E-state index contributed by atoms with van der Waals surface area (Å²) >= 11 is 0. The second kappa shape index (κ2) is 7.42. The van der Waals surface area contributed by atoms with Crippen LogP contribution in [0.4, 0.5) is 5.69 Å². The summed E-state index contributed by atoms with van der Waals surface area (Å²) in [6.45, 7) is 2.79. The number of rotatable bonds is 7. The fourth-order valence-corrected chi connectivity index (χ4v) is 4.65. The molecule has 4 nitrogen and oxygen atoms in total. The van der Waals surface area contributed by atoms with Gasteiger partial charge in [0, 0.05) is 31.7 Å². The SMILES string of the molecule is CCN(C(=O)CC[C@@]1(Cc2ccccc2)C(=O)N(C)c2ccccc21)C1CC1. The molecule has 1 heterocycles. The van der Waals surface area contributed by atoms with Gasteiger partial charge in [-0.1, -0.05) is 48.5 Å². The molecule has 0 radical (unpaired) electrons. The lowest BCUT2D eigenvalue weighted by molar-refractivity contribution is -0.132. The lowest BCUT2D eigenvalue weighted by Crippen LogP contribution is -2.42. The Morgan fingerprint density at radius 1 is 1.11 bits per heavy atom. The van der Waals surface area contributed by atoms with Crippen molar-refractivity contribution in [2.24, 2.45) is 0 Å². The standard InChI is InChI=1S/C24H28N2O2/c1-3-26(19-13-14-19)22(27)15-16-24(17-18-9-5-4-6-10-18)20-11-7-8-12-21(20)25(2)23(24)28/h4-12,19H,3,13-17H2,1-2H3/t24-/m0/s1. The monoisotopic (exact) mass is 376 g/mol. The van der Waals surface area contributed by atoms with Crippen molar-refractivity contribution in [3.63, 3.8) is 0 Å². The molecular formula is C24H28N2O2. The van der Waals surface area contributed by atoms with Gasteiger partial charge in [-0.15, -0.1) is 0 Å². The topological polar surface area (TPSA) is 40.6 Å². The van der Waals surface area contributed by atoms with Gasteiger partial charge in [-0.2, -0.15) is 0 Å². The van der Waals surface area contributed by atoms with Gasteiger partial charge >= 0.3 is 0 Å². The van der Waals surface area contributed by atoms with Gasteiger partial charge in [-0.05, 0) is 49.8 Å². The molecule has 146 valence electrons. The Kier molecular flexibility index (Phi) is 4.96. The summed E-state index contributed by atoms with van der Waals surface area (Å²) < 4.78 is 0. The number of amides is 2. The van der Waals surface area contributed by atoms with Gasteiger partial charge in [0.15, 0.2) is 0 Å². The lowest BCUT2D eigenvalue weighted by Gasteiger charge is -2.30. The molecule has 0 unspecified atom stereocenters. The molecule has 1 fully saturated rings. The summed E-state index contributed by atoms with van der Waals surface area (Å²) in [4.78, 5) is 30.2. The van der Waals surface area contributed by atoms with Gasteiger partial charge in [0.25, 0.3) is 0 Å². The summed E-state index contributed by atoms with van der Waals surface area (Å²) in [6.07, 6.45) is 3.80. The molecule has 2 aromatic rings. The summed E-state index contributed by atoms with van der Waals surface area (Å²) in [5.74, 6) is 0.275. The first-order valence-corrected chi connectivity index (χ1v) is 10.3. The maximum atomic E-state index is 13.5. The third-order valence-electron chi connectivity index (χ3n) is 6.26. The van der Waals surface area contributed by atoms with Crippen LogP contribution in [0.25, 0.3) is 0 Å². The van der Waals surface area contributed by atoms with E-state index < -0.39 is 5.41 Å². The van der Waals surface area contributed by atoms with Gasteiger partial charge in [-0.3, -0.25) is 9.59 Å². The third kappa shape index (κ3) is 3.21. The molecule has 1 atom stereocenters. The fraction of sp³-hybridized carbons (Fsp3) is 0.417. The van der Waals surface area contributed by atoms with Crippen LogP contribution >= 0.6 is 0 Å². The zero-order valence-corrected chi connectivity index (χ0v) is 16.7. The molecule has 0 saturated heterocycles. The Labute approximate surface area is 167 Å². The number of likely N-dealkylation sites (N-methyl/N-ethyl adjacent to an activating group) is 1. The van der Waals surface area contributed by atoms with E-state index in [1.807, 2.05) is 55.3 Å². The van der Waals surface area contributed by atoms with Crippen molar-refractivity contribution in [2.45, 2.75) is 50.5 Å². The van der Waals surface area contributed by atoms with Crippen molar-refractivity contribution < 1.29 is 9.59 Å². The van der Waals surface area contributed by atoms with E-state index in [9.17, 15) is 9.59 Å². The van der Waals surface area contributed by atoms with Gasteiger partial charge < -0.3 is 9.80 Å². The van der Waals surface area contributed by atoms with Crippen molar-refractivity contribution in [3.05, 3.63) is 65.7 Å². The van der Waals surface area contributed by atoms with Crippen molar-refractivity contribution in [1.29, 1.82) is 0 Å². The molecule has 2 aromatic carbocycles. The molecule has 0 spiro atoms. The predicted octanol–water partition coefficient (Wildman–Crippen LogP) is 3.93. The van der Waals surface area contributed by atoms with Gasteiger partial charge in [0.1, 0.15) is 0 Å². The first-order valence-electron chi connectivity index (χ1n) is 10.3. The van der Waals surface area contributed by atoms with Crippen LogP contribution in [0.15, 0.2) is 54.6 Å². The van der Waals surface area contributed by atoms with E-state index in [-0.39, 0.29) is 11.8 Å². The molecule has 4 heteroatoms. The molecule has 2 amide bonds. The van der Waals surface area contributed by atoms with Crippen LogP contribution in [0.2, 0.25) is 0 Å². The van der Waals surface area contributed by atoms with E-state index >= 15 is 0 Å². The second-order valence-corrected chi connectivity index (χ2v) is 8.04. The molecule has 4 rings (SSSR count). The van der Waals surface area contributed by atoms with Crippen molar-refractivity contribution in [1.82, 2.24) is 4.90 Å². The number of carbonyl (C=O) groups is 2. The summed E-state index contributed by atoms with van der Waals surface area (Å²) in [5, 5.41) is 0. The van der Waals surface area contributed by atoms with Gasteiger partial charge in [-0.25, -0.2) is 0 Å². The number of nitrogens with zero attached hydrogens (tertiary/aromatic N) is 2. The Morgan fingerprint density at radius 3 is 2.46 bits per heavy atom. The van der Waals surface area contributed by atoms with Crippen molar-refractivity contribution in [2.75, 3.05) is 18.5 Å². The Bertz CT molecular complexity index is 875. The number of anilines is 1. The van der Waals surface area contributed by atoms with Crippen LogP contribution in [0.5, 0.6) is 0 Å². The Morgan fingerprint density at radius 2 is 1.79 bits per heavy atom. The van der Waals surface area contributed by atoms with Crippen molar-refractivity contribution >= 4 is 17.5 Å². The average molecular weight is 377 g/mol. The van der Waals surface area contributed by atoms with Gasteiger partial charge in [0.2, 0.25) is 11.8 Å². The number of hydrogen-bond donors (Lipinski definition) is 0. The number of hydrogen-bond acceptors (Lipinski definition) is 2. The largest absolute Gasteiger partial charge is 0.340 e. The Balaban J connectivity index is 1.67. The highest BCUT2D eigenvalue weighted by molar-refractivity contribution is 6.08. The lowest BCUT2D eigenvalue weighted by atomic mass is 9.73. The first-order chi connectivity index (χ1) is 13.6. The zero-order chi connectivity index (χ0) is 19.7. The quantitative estimate of drug-likeness (QED) is 0.734.